The van der Waals surface area contributed by atoms with E-state index in [1.807, 2.05) is 67.2 Å². The van der Waals surface area contributed by atoms with Crippen molar-refractivity contribution in [2.24, 2.45) is 7.05 Å². The number of hydrogen-bond donors (Lipinski definition) is 1. The maximum atomic E-state index is 12.2. The van der Waals surface area contributed by atoms with Crippen molar-refractivity contribution in [2.75, 3.05) is 5.32 Å². The van der Waals surface area contributed by atoms with Crippen LogP contribution in [0, 0.1) is 6.92 Å². The van der Waals surface area contributed by atoms with Gasteiger partial charge in [-0.05, 0) is 19.1 Å². The van der Waals surface area contributed by atoms with Crippen molar-refractivity contribution in [2.45, 2.75) is 6.92 Å². The second-order valence-corrected chi connectivity index (χ2v) is 5.25. The number of nitrogens with one attached hydrogen (secondary N) is 1. The van der Waals surface area contributed by atoms with E-state index in [2.05, 4.69) is 10.3 Å². The molecule has 1 aromatic heterocycles. The Balaban J connectivity index is 1.84. The van der Waals surface area contributed by atoms with Gasteiger partial charge in [-0.25, -0.2) is 4.98 Å². The van der Waals surface area contributed by atoms with E-state index < -0.39 is 0 Å². The van der Waals surface area contributed by atoms with Gasteiger partial charge in [0, 0.05) is 24.4 Å². The zero-order valence-corrected chi connectivity index (χ0v) is 12.6. The molecule has 1 heterocycles. The monoisotopic (exact) mass is 291 g/mol. The second-order valence-electron chi connectivity index (χ2n) is 5.25. The standard InChI is InChI=1S/C18H17N3O/c1-13-8-10-14(11-9-13)16-12-21(2)18(19-16)20-17(22)15-6-4-3-5-7-15/h3-12H,1-2H3,(H,19,20,22). The van der Waals surface area contributed by atoms with Crippen molar-refractivity contribution in [1.29, 1.82) is 0 Å². The lowest BCUT2D eigenvalue weighted by Crippen LogP contribution is -2.14. The number of aryl methyl sites for hydroxylation is 2. The number of hydrogen-bond acceptors (Lipinski definition) is 2. The van der Waals surface area contributed by atoms with Crippen molar-refractivity contribution < 1.29 is 4.79 Å². The summed E-state index contributed by atoms with van der Waals surface area (Å²) in [4.78, 5) is 16.7. The molecule has 2 aromatic carbocycles. The van der Waals surface area contributed by atoms with Crippen molar-refractivity contribution in [3.63, 3.8) is 0 Å². The van der Waals surface area contributed by atoms with Crippen LogP contribution in [0.25, 0.3) is 11.3 Å². The number of carbonyl (C=O) groups is 1. The minimum absolute atomic E-state index is 0.162. The third-order valence-electron chi connectivity index (χ3n) is 3.49. The van der Waals surface area contributed by atoms with Gasteiger partial charge in [0.1, 0.15) is 0 Å². The highest BCUT2D eigenvalue weighted by Gasteiger charge is 2.11. The van der Waals surface area contributed by atoms with Gasteiger partial charge in [-0.3, -0.25) is 10.1 Å². The third kappa shape index (κ3) is 2.91. The molecule has 0 spiro atoms. The van der Waals surface area contributed by atoms with Crippen molar-refractivity contribution in [1.82, 2.24) is 9.55 Å². The summed E-state index contributed by atoms with van der Waals surface area (Å²) in [6, 6.07) is 17.3. The molecule has 110 valence electrons. The molecule has 0 bridgehead atoms. The molecule has 0 aliphatic carbocycles. The first-order chi connectivity index (χ1) is 10.6. The van der Waals surface area contributed by atoms with Crippen molar-refractivity contribution >= 4 is 11.9 Å². The first kappa shape index (κ1) is 14.1. The molecular formula is C18H17N3O. The summed E-state index contributed by atoms with van der Waals surface area (Å²) in [6.45, 7) is 2.05. The maximum absolute atomic E-state index is 12.2. The Kier molecular flexibility index (Phi) is 3.74. The quantitative estimate of drug-likeness (QED) is 0.800. The van der Waals surface area contributed by atoms with Crippen molar-refractivity contribution in [3.05, 3.63) is 71.9 Å². The van der Waals surface area contributed by atoms with Crippen LogP contribution in [0.15, 0.2) is 60.8 Å². The topological polar surface area (TPSA) is 46.9 Å². The van der Waals surface area contributed by atoms with Crippen LogP contribution in [-0.4, -0.2) is 15.5 Å². The van der Waals surface area contributed by atoms with Gasteiger partial charge in [0.2, 0.25) is 5.95 Å². The van der Waals surface area contributed by atoms with Gasteiger partial charge in [0.25, 0.3) is 5.91 Å². The van der Waals surface area contributed by atoms with Gasteiger partial charge >= 0.3 is 0 Å². The van der Waals surface area contributed by atoms with Gasteiger partial charge in [0.05, 0.1) is 5.69 Å². The van der Waals surface area contributed by atoms with E-state index in [4.69, 9.17) is 0 Å². The largest absolute Gasteiger partial charge is 0.320 e. The number of aromatic nitrogens is 2. The third-order valence-corrected chi connectivity index (χ3v) is 3.49. The Morgan fingerprint density at radius 1 is 1.05 bits per heavy atom. The fraction of sp³-hybridized carbons (Fsp3) is 0.111. The van der Waals surface area contributed by atoms with Crippen LogP contribution in [0.3, 0.4) is 0 Å². The number of carbonyl (C=O) groups excluding carboxylic acids is 1. The number of amides is 1. The zero-order chi connectivity index (χ0) is 15.5. The molecule has 0 fully saturated rings. The highest BCUT2D eigenvalue weighted by atomic mass is 16.1. The van der Waals surface area contributed by atoms with E-state index in [0.717, 1.165) is 11.3 Å². The van der Waals surface area contributed by atoms with Crippen LogP contribution in [-0.2, 0) is 7.05 Å². The predicted octanol–water partition coefficient (Wildman–Crippen LogP) is 3.65. The van der Waals surface area contributed by atoms with Crippen LogP contribution in [0.1, 0.15) is 15.9 Å². The number of rotatable bonds is 3. The van der Waals surface area contributed by atoms with Gasteiger partial charge in [-0.1, -0.05) is 48.0 Å². The number of benzene rings is 2. The highest BCUT2D eigenvalue weighted by molar-refractivity contribution is 6.03. The van der Waals surface area contributed by atoms with Gasteiger partial charge < -0.3 is 4.57 Å². The molecule has 4 heteroatoms. The molecule has 22 heavy (non-hydrogen) atoms. The predicted molar refractivity (Wildman–Crippen MR) is 87.8 cm³/mol. The number of anilines is 1. The van der Waals surface area contributed by atoms with Crippen LogP contribution >= 0.6 is 0 Å². The minimum Gasteiger partial charge on any atom is -0.320 e. The first-order valence-corrected chi connectivity index (χ1v) is 7.10. The van der Waals surface area contributed by atoms with E-state index in [0.29, 0.717) is 11.5 Å². The molecule has 3 aromatic rings. The zero-order valence-electron chi connectivity index (χ0n) is 12.6. The summed E-state index contributed by atoms with van der Waals surface area (Å²) in [5, 5.41) is 2.84. The molecule has 1 N–H and O–H groups in total. The summed E-state index contributed by atoms with van der Waals surface area (Å²) in [5.74, 6) is 0.370. The lowest BCUT2D eigenvalue weighted by atomic mass is 10.1. The maximum Gasteiger partial charge on any atom is 0.257 e. The van der Waals surface area contributed by atoms with Gasteiger partial charge in [0.15, 0.2) is 0 Å². The average Bonchev–Trinajstić information content (AvgIpc) is 2.90. The molecule has 0 unspecified atom stereocenters. The van der Waals surface area contributed by atoms with Crippen LogP contribution in [0.5, 0.6) is 0 Å². The van der Waals surface area contributed by atoms with Crippen LogP contribution in [0.4, 0.5) is 5.95 Å². The molecule has 0 aliphatic heterocycles. The van der Waals surface area contributed by atoms with Gasteiger partial charge in [-0.15, -0.1) is 0 Å². The molecule has 1 amide bonds. The Labute approximate surface area is 129 Å². The SMILES string of the molecule is Cc1ccc(-c2cn(C)c(NC(=O)c3ccccc3)n2)cc1. The lowest BCUT2D eigenvalue weighted by Gasteiger charge is -2.04. The molecule has 0 aliphatic rings. The average molecular weight is 291 g/mol. The summed E-state index contributed by atoms with van der Waals surface area (Å²) < 4.78 is 1.82. The molecule has 4 nitrogen and oxygen atoms in total. The molecule has 0 radical (unpaired) electrons. The Morgan fingerprint density at radius 3 is 2.41 bits per heavy atom. The van der Waals surface area contributed by atoms with Crippen LogP contribution in [0.2, 0.25) is 0 Å². The van der Waals surface area contributed by atoms with Crippen molar-refractivity contribution in [3.8, 4) is 11.3 Å². The van der Waals surface area contributed by atoms with E-state index in [1.54, 1.807) is 12.1 Å². The summed E-state index contributed by atoms with van der Waals surface area (Å²) in [6.07, 6.45) is 1.91. The van der Waals surface area contributed by atoms with E-state index in [1.165, 1.54) is 5.56 Å². The van der Waals surface area contributed by atoms with E-state index in [9.17, 15) is 4.79 Å². The lowest BCUT2D eigenvalue weighted by molar-refractivity contribution is 0.102. The van der Waals surface area contributed by atoms with Gasteiger partial charge in [-0.2, -0.15) is 0 Å². The molecule has 0 saturated heterocycles. The van der Waals surface area contributed by atoms with E-state index in [-0.39, 0.29) is 5.91 Å². The number of nitrogens with zero attached hydrogens (tertiary/aromatic N) is 2. The fourth-order valence-corrected chi connectivity index (χ4v) is 2.21. The minimum atomic E-state index is -0.162. The van der Waals surface area contributed by atoms with Crippen LogP contribution < -0.4 is 5.32 Å². The smallest absolute Gasteiger partial charge is 0.257 e. The number of imidazole rings is 1. The Bertz CT molecular complexity index is 789. The Hall–Kier alpha value is -2.88. The fourth-order valence-electron chi connectivity index (χ4n) is 2.21. The summed E-state index contributed by atoms with van der Waals surface area (Å²) in [5.41, 5.74) is 3.69. The molecule has 3 rings (SSSR count). The van der Waals surface area contributed by atoms with E-state index >= 15 is 0 Å². The normalized spacial score (nSPS) is 10.5. The summed E-state index contributed by atoms with van der Waals surface area (Å²) in [7, 11) is 1.87. The Morgan fingerprint density at radius 2 is 1.73 bits per heavy atom. The molecular weight excluding hydrogens is 274 g/mol. The molecule has 0 atom stereocenters. The summed E-state index contributed by atoms with van der Waals surface area (Å²) >= 11 is 0. The molecule has 0 saturated carbocycles. The first-order valence-electron chi connectivity index (χ1n) is 7.10. The second kappa shape index (κ2) is 5.85. The highest BCUT2D eigenvalue weighted by Crippen LogP contribution is 2.21.